The molecule has 0 unspecified atom stereocenters. The molecule has 122 valence electrons. The average molecular weight is 359 g/mol. The van der Waals surface area contributed by atoms with Crippen molar-refractivity contribution in [1.29, 1.82) is 0 Å². The van der Waals surface area contributed by atoms with Crippen molar-refractivity contribution in [3.05, 3.63) is 57.9 Å². The Labute approximate surface area is 148 Å². The molecular formula is C18H15ClN2O2S. The van der Waals surface area contributed by atoms with Crippen molar-refractivity contribution >= 4 is 39.7 Å². The van der Waals surface area contributed by atoms with Crippen LogP contribution < -0.4 is 4.74 Å². The molecule has 0 spiro atoms. The molecule has 1 aliphatic rings. The lowest BCUT2D eigenvalue weighted by molar-refractivity contribution is 0.0777. The fourth-order valence-corrected chi connectivity index (χ4v) is 3.96. The number of hydrogen-bond acceptors (Lipinski definition) is 4. The zero-order valence-electron chi connectivity index (χ0n) is 12.8. The highest BCUT2D eigenvalue weighted by molar-refractivity contribution is 7.17. The Morgan fingerprint density at radius 2 is 2.12 bits per heavy atom. The molecule has 1 aromatic carbocycles. The Balaban J connectivity index is 1.48. The lowest BCUT2D eigenvalue weighted by Crippen LogP contribution is -2.30. The first-order valence-electron chi connectivity index (χ1n) is 7.76. The van der Waals surface area contributed by atoms with E-state index in [2.05, 4.69) is 4.98 Å². The lowest BCUT2D eigenvalue weighted by Gasteiger charge is -2.17. The minimum atomic E-state index is -0.0167. The van der Waals surface area contributed by atoms with Gasteiger partial charge < -0.3 is 9.64 Å². The molecule has 3 heterocycles. The second-order valence-corrected chi connectivity index (χ2v) is 7.43. The van der Waals surface area contributed by atoms with Crippen LogP contribution in [-0.2, 0) is 0 Å². The van der Waals surface area contributed by atoms with Crippen molar-refractivity contribution in [2.45, 2.75) is 12.5 Å². The van der Waals surface area contributed by atoms with Gasteiger partial charge in [0.05, 0.1) is 15.8 Å². The summed E-state index contributed by atoms with van der Waals surface area (Å²) >= 11 is 7.23. The Morgan fingerprint density at radius 1 is 1.25 bits per heavy atom. The van der Waals surface area contributed by atoms with Crippen LogP contribution in [0.15, 0.2) is 48.7 Å². The predicted octanol–water partition coefficient (Wildman–Crippen LogP) is 4.24. The molecule has 3 aromatic rings. The van der Waals surface area contributed by atoms with Crippen LogP contribution >= 0.6 is 22.9 Å². The molecule has 4 nitrogen and oxygen atoms in total. The molecule has 2 aromatic heterocycles. The van der Waals surface area contributed by atoms with E-state index in [4.69, 9.17) is 16.3 Å². The molecule has 0 N–H and O–H groups in total. The molecule has 1 fully saturated rings. The van der Waals surface area contributed by atoms with E-state index in [1.165, 1.54) is 11.3 Å². The van der Waals surface area contributed by atoms with Crippen molar-refractivity contribution in [2.75, 3.05) is 13.1 Å². The zero-order chi connectivity index (χ0) is 16.5. The normalized spacial score (nSPS) is 17.4. The number of fused-ring (bicyclic) bond motifs is 1. The maximum absolute atomic E-state index is 12.5. The van der Waals surface area contributed by atoms with Crippen molar-refractivity contribution < 1.29 is 9.53 Å². The van der Waals surface area contributed by atoms with Crippen LogP contribution in [0, 0.1) is 0 Å². The van der Waals surface area contributed by atoms with Crippen LogP contribution in [0.1, 0.15) is 16.1 Å². The van der Waals surface area contributed by atoms with Gasteiger partial charge >= 0.3 is 0 Å². The predicted molar refractivity (Wildman–Crippen MR) is 96.0 cm³/mol. The number of amides is 1. The summed E-state index contributed by atoms with van der Waals surface area (Å²) in [5.41, 5.74) is 0.856. The van der Waals surface area contributed by atoms with Gasteiger partial charge in [-0.25, -0.2) is 0 Å². The number of likely N-dealkylation sites (tertiary alicyclic amines) is 1. The largest absolute Gasteiger partial charge is 0.486 e. The van der Waals surface area contributed by atoms with E-state index in [0.29, 0.717) is 22.3 Å². The Bertz CT molecular complexity index is 890. The number of aromatic nitrogens is 1. The molecule has 6 heteroatoms. The molecule has 0 saturated carbocycles. The van der Waals surface area contributed by atoms with Crippen LogP contribution in [-0.4, -0.2) is 35.0 Å². The van der Waals surface area contributed by atoms with Crippen LogP contribution in [0.4, 0.5) is 0 Å². The average Bonchev–Trinajstić information content (AvgIpc) is 3.24. The second-order valence-electron chi connectivity index (χ2n) is 5.71. The number of pyridine rings is 1. The molecule has 0 radical (unpaired) electrons. The summed E-state index contributed by atoms with van der Waals surface area (Å²) < 4.78 is 6.76. The number of nitrogens with zero attached hydrogens (tertiary/aromatic N) is 2. The van der Waals surface area contributed by atoms with Gasteiger partial charge in [0.25, 0.3) is 5.91 Å². The van der Waals surface area contributed by atoms with E-state index in [0.717, 1.165) is 23.1 Å². The van der Waals surface area contributed by atoms with E-state index in [1.54, 1.807) is 18.3 Å². The molecule has 1 atom stereocenters. The second kappa shape index (κ2) is 6.42. The van der Waals surface area contributed by atoms with E-state index >= 15 is 0 Å². The highest BCUT2D eigenvalue weighted by Gasteiger charge is 2.29. The van der Waals surface area contributed by atoms with E-state index in [1.807, 2.05) is 35.2 Å². The number of ether oxygens (including phenoxy) is 1. The maximum Gasteiger partial charge on any atom is 0.264 e. The van der Waals surface area contributed by atoms with Gasteiger partial charge in [0.2, 0.25) is 0 Å². The van der Waals surface area contributed by atoms with Gasteiger partial charge in [-0.05, 0) is 24.3 Å². The molecule has 0 aliphatic carbocycles. The van der Waals surface area contributed by atoms with Crippen LogP contribution in [0.5, 0.6) is 5.75 Å². The first kappa shape index (κ1) is 15.4. The minimum Gasteiger partial charge on any atom is -0.486 e. The van der Waals surface area contributed by atoms with E-state index in [-0.39, 0.29) is 12.0 Å². The topological polar surface area (TPSA) is 42.4 Å². The number of halogens is 1. The van der Waals surface area contributed by atoms with Crippen LogP contribution in [0.2, 0.25) is 4.34 Å². The number of carbonyl (C=O) groups excluding carboxylic acids is 1. The maximum atomic E-state index is 12.5. The molecule has 0 bridgehead atoms. The summed E-state index contributed by atoms with van der Waals surface area (Å²) in [6.07, 6.45) is 2.56. The summed E-state index contributed by atoms with van der Waals surface area (Å²) in [5.74, 6) is 0.792. The third-order valence-corrected chi connectivity index (χ3v) is 5.32. The number of para-hydroxylation sites is 1. The fraction of sp³-hybridized carbons (Fsp3) is 0.222. The SMILES string of the molecule is O=C(c1ccc(Cl)s1)N1CC[C@@H](Oc2cccc3cccnc23)C1. The van der Waals surface area contributed by atoms with Crippen molar-refractivity contribution in [3.8, 4) is 5.75 Å². The number of thiophene rings is 1. The van der Waals surface area contributed by atoms with Gasteiger partial charge in [-0.15, -0.1) is 11.3 Å². The first-order chi connectivity index (χ1) is 11.7. The third-order valence-electron chi connectivity index (χ3n) is 4.11. The van der Waals surface area contributed by atoms with E-state index < -0.39 is 0 Å². The van der Waals surface area contributed by atoms with Gasteiger partial charge in [0.1, 0.15) is 17.4 Å². The summed E-state index contributed by atoms with van der Waals surface area (Å²) in [6, 6.07) is 13.4. The third kappa shape index (κ3) is 2.97. The highest BCUT2D eigenvalue weighted by Crippen LogP contribution is 2.28. The quantitative estimate of drug-likeness (QED) is 0.703. The standard InChI is InChI=1S/C18H15ClN2O2S/c19-16-7-6-15(24-16)18(22)21-10-8-13(11-21)23-14-5-1-3-12-4-2-9-20-17(12)14/h1-7,9,13H,8,10-11H2/t13-/m1/s1. The van der Waals surface area contributed by atoms with Crippen LogP contribution in [0.3, 0.4) is 0 Å². The molecule has 4 rings (SSSR count). The molecular weight excluding hydrogens is 344 g/mol. The number of hydrogen-bond donors (Lipinski definition) is 0. The van der Waals surface area contributed by atoms with Crippen molar-refractivity contribution in [3.63, 3.8) is 0 Å². The lowest BCUT2D eigenvalue weighted by atomic mass is 10.2. The Morgan fingerprint density at radius 3 is 2.96 bits per heavy atom. The molecule has 24 heavy (non-hydrogen) atoms. The van der Waals surface area contributed by atoms with Gasteiger partial charge in [-0.1, -0.05) is 29.8 Å². The smallest absolute Gasteiger partial charge is 0.264 e. The van der Waals surface area contributed by atoms with Gasteiger partial charge in [0.15, 0.2) is 0 Å². The number of carbonyl (C=O) groups is 1. The van der Waals surface area contributed by atoms with Gasteiger partial charge in [-0.2, -0.15) is 0 Å². The summed E-state index contributed by atoms with van der Waals surface area (Å²) in [7, 11) is 0. The van der Waals surface area contributed by atoms with Gasteiger partial charge in [0, 0.05) is 24.5 Å². The van der Waals surface area contributed by atoms with Crippen molar-refractivity contribution in [2.24, 2.45) is 0 Å². The van der Waals surface area contributed by atoms with Crippen molar-refractivity contribution in [1.82, 2.24) is 9.88 Å². The van der Waals surface area contributed by atoms with Crippen LogP contribution in [0.25, 0.3) is 10.9 Å². The fourth-order valence-electron chi connectivity index (χ4n) is 2.94. The minimum absolute atomic E-state index is 0.0167. The molecule has 1 amide bonds. The number of rotatable bonds is 3. The first-order valence-corrected chi connectivity index (χ1v) is 8.95. The van der Waals surface area contributed by atoms with E-state index in [9.17, 15) is 4.79 Å². The number of benzene rings is 1. The monoisotopic (exact) mass is 358 g/mol. The zero-order valence-corrected chi connectivity index (χ0v) is 14.4. The van der Waals surface area contributed by atoms with Gasteiger partial charge in [-0.3, -0.25) is 9.78 Å². The summed E-state index contributed by atoms with van der Waals surface area (Å²) in [4.78, 5) is 19.4. The molecule has 1 aliphatic heterocycles. The summed E-state index contributed by atoms with van der Waals surface area (Å²) in [5, 5.41) is 1.05. The highest BCUT2D eigenvalue weighted by atomic mass is 35.5. The Hall–Kier alpha value is -2.11. The Kier molecular flexibility index (Phi) is 4.12. The summed E-state index contributed by atoms with van der Waals surface area (Å²) in [6.45, 7) is 1.27. The molecule has 1 saturated heterocycles.